The third-order valence-electron chi connectivity index (χ3n) is 3.34. The minimum absolute atomic E-state index is 0.475. The Kier molecular flexibility index (Phi) is 3.48. The Hall–Kier alpha value is -2.93. The van der Waals surface area contributed by atoms with Gasteiger partial charge in [0.25, 0.3) is 5.89 Å². The molecule has 2 aromatic carbocycles. The molecule has 0 unspecified atom stereocenters. The van der Waals surface area contributed by atoms with E-state index in [4.69, 9.17) is 9.78 Å². The van der Waals surface area contributed by atoms with Crippen molar-refractivity contribution in [3.05, 3.63) is 71.0 Å². The normalized spacial score (nSPS) is 10.3. The van der Waals surface area contributed by atoms with Crippen molar-refractivity contribution in [3.63, 3.8) is 0 Å². The van der Waals surface area contributed by atoms with Gasteiger partial charge in [-0.15, -0.1) is 0 Å². The number of nitriles is 1. The number of aromatic nitrogens is 2. The molecule has 0 fully saturated rings. The highest BCUT2D eigenvalue weighted by Crippen LogP contribution is 2.19. The van der Waals surface area contributed by atoms with Crippen LogP contribution in [-0.2, 0) is 6.42 Å². The summed E-state index contributed by atoms with van der Waals surface area (Å²) in [5, 5.41) is 12.8. The van der Waals surface area contributed by atoms with Gasteiger partial charge in [0, 0.05) is 12.0 Å². The van der Waals surface area contributed by atoms with Crippen molar-refractivity contribution in [1.82, 2.24) is 10.1 Å². The Balaban J connectivity index is 1.83. The topological polar surface area (TPSA) is 62.7 Å². The smallest absolute Gasteiger partial charge is 0.257 e. The first-order valence-corrected chi connectivity index (χ1v) is 6.64. The van der Waals surface area contributed by atoms with E-state index in [1.54, 1.807) is 12.1 Å². The molecule has 0 atom stereocenters. The molecule has 0 bridgehead atoms. The lowest BCUT2D eigenvalue weighted by Crippen LogP contribution is -1.93. The average molecular weight is 275 g/mol. The predicted molar refractivity (Wildman–Crippen MR) is 78.4 cm³/mol. The molecule has 4 heteroatoms. The first-order valence-electron chi connectivity index (χ1n) is 6.64. The molecule has 0 saturated heterocycles. The molecule has 3 aromatic rings. The van der Waals surface area contributed by atoms with Gasteiger partial charge in [0.2, 0.25) is 0 Å². The van der Waals surface area contributed by atoms with Crippen LogP contribution in [0, 0.1) is 18.3 Å². The average Bonchev–Trinajstić information content (AvgIpc) is 2.98. The molecule has 1 heterocycles. The molecule has 0 aliphatic heterocycles. The summed E-state index contributed by atoms with van der Waals surface area (Å²) in [5.41, 5.74) is 3.82. The SMILES string of the molecule is Cc1ccccc1Cc1noc(-c2ccc(C#N)cc2)n1. The Bertz CT molecular complexity index is 797. The summed E-state index contributed by atoms with van der Waals surface area (Å²) in [7, 11) is 0. The second kappa shape index (κ2) is 5.59. The minimum atomic E-state index is 0.475. The molecule has 4 nitrogen and oxygen atoms in total. The second-order valence-corrected chi connectivity index (χ2v) is 4.81. The molecule has 0 aliphatic carbocycles. The first-order chi connectivity index (χ1) is 10.3. The highest BCUT2D eigenvalue weighted by molar-refractivity contribution is 5.54. The van der Waals surface area contributed by atoms with Crippen molar-refractivity contribution >= 4 is 0 Å². The van der Waals surface area contributed by atoms with Gasteiger partial charge in [-0.2, -0.15) is 10.2 Å². The van der Waals surface area contributed by atoms with Crippen LogP contribution in [0.15, 0.2) is 53.1 Å². The van der Waals surface area contributed by atoms with E-state index in [1.165, 1.54) is 11.1 Å². The largest absolute Gasteiger partial charge is 0.334 e. The minimum Gasteiger partial charge on any atom is -0.334 e. The molecule has 0 aliphatic rings. The molecule has 0 amide bonds. The lowest BCUT2D eigenvalue weighted by atomic mass is 10.1. The molecular formula is C17H13N3O. The number of rotatable bonds is 3. The summed E-state index contributed by atoms with van der Waals surface area (Å²) in [5.74, 6) is 1.13. The molecule has 21 heavy (non-hydrogen) atoms. The van der Waals surface area contributed by atoms with Crippen LogP contribution >= 0.6 is 0 Å². The predicted octanol–water partition coefficient (Wildman–Crippen LogP) is 3.51. The lowest BCUT2D eigenvalue weighted by molar-refractivity contribution is 0.424. The van der Waals surface area contributed by atoms with E-state index in [0.717, 1.165) is 5.56 Å². The summed E-state index contributed by atoms with van der Waals surface area (Å²) < 4.78 is 5.29. The van der Waals surface area contributed by atoms with Gasteiger partial charge in [-0.05, 0) is 42.3 Å². The van der Waals surface area contributed by atoms with Gasteiger partial charge in [0.1, 0.15) is 0 Å². The van der Waals surface area contributed by atoms with Gasteiger partial charge in [-0.25, -0.2) is 0 Å². The number of hydrogen-bond donors (Lipinski definition) is 0. The zero-order chi connectivity index (χ0) is 14.7. The fourth-order valence-corrected chi connectivity index (χ4v) is 2.11. The summed E-state index contributed by atoms with van der Waals surface area (Å²) in [4.78, 5) is 4.41. The number of nitrogens with zero attached hydrogens (tertiary/aromatic N) is 3. The molecular weight excluding hydrogens is 262 g/mol. The first kappa shape index (κ1) is 13.1. The van der Waals surface area contributed by atoms with Gasteiger partial charge in [-0.1, -0.05) is 29.4 Å². The molecule has 0 radical (unpaired) electrons. The maximum atomic E-state index is 8.79. The summed E-state index contributed by atoms with van der Waals surface area (Å²) >= 11 is 0. The second-order valence-electron chi connectivity index (χ2n) is 4.81. The van der Waals surface area contributed by atoms with Crippen LogP contribution in [0.1, 0.15) is 22.5 Å². The Morgan fingerprint density at radius 2 is 1.86 bits per heavy atom. The van der Waals surface area contributed by atoms with Crippen LogP contribution in [0.4, 0.5) is 0 Å². The van der Waals surface area contributed by atoms with Crippen LogP contribution < -0.4 is 0 Å². The van der Waals surface area contributed by atoms with E-state index < -0.39 is 0 Å². The van der Waals surface area contributed by atoms with Gasteiger partial charge >= 0.3 is 0 Å². The van der Waals surface area contributed by atoms with Crippen molar-refractivity contribution in [1.29, 1.82) is 5.26 Å². The summed E-state index contributed by atoms with van der Waals surface area (Å²) in [6, 6.07) is 17.3. The third-order valence-corrected chi connectivity index (χ3v) is 3.34. The summed E-state index contributed by atoms with van der Waals surface area (Å²) in [6.45, 7) is 2.07. The van der Waals surface area contributed by atoms with Gasteiger partial charge in [-0.3, -0.25) is 0 Å². The Morgan fingerprint density at radius 3 is 2.57 bits per heavy atom. The number of benzene rings is 2. The van der Waals surface area contributed by atoms with Crippen molar-refractivity contribution in [3.8, 4) is 17.5 Å². The zero-order valence-electron chi connectivity index (χ0n) is 11.6. The molecule has 3 rings (SSSR count). The van der Waals surface area contributed by atoms with Crippen LogP contribution in [0.25, 0.3) is 11.5 Å². The Morgan fingerprint density at radius 1 is 1.10 bits per heavy atom. The van der Waals surface area contributed by atoms with Crippen LogP contribution in [0.3, 0.4) is 0 Å². The molecule has 0 saturated carbocycles. The molecule has 1 aromatic heterocycles. The van der Waals surface area contributed by atoms with E-state index in [0.29, 0.717) is 23.7 Å². The fourth-order valence-electron chi connectivity index (χ4n) is 2.11. The quantitative estimate of drug-likeness (QED) is 0.733. The number of aryl methyl sites for hydroxylation is 1. The van der Waals surface area contributed by atoms with E-state index in [-0.39, 0.29) is 0 Å². The highest BCUT2D eigenvalue weighted by Gasteiger charge is 2.10. The molecule has 0 spiro atoms. The van der Waals surface area contributed by atoms with Crippen LogP contribution in [-0.4, -0.2) is 10.1 Å². The van der Waals surface area contributed by atoms with Gasteiger partial charge in [0.15, 0.2) is 5.82 Å². The van der Waals surface area contributed by atoms with Gasteiger partial charge < -0.3 is 4.52 Å². The Labute approximate surface area is 122 Å². The van der Waals surface area contributed by atoms with Crippen LogP contribution in [0.5, 0.6) is 0 Å². The lowest BCUT2D eigenvalue weighted by Gasteiger charge is -2.00. The van der Waals surface area contributed by atoms with E-state index in [2.05, 4.69) is 35.3 Å². The van der Waals surface area contributed by atoms with Crippen LogP contribution in [0.2, 0.25) is 0 Å². The van der Waals surface area contributed by atoms with Crippen molar-refractivity contribution in [2.75, 3.05) is 0 Å². The van der Waals surface area contributed by atoms with Crippen molar-refractivity contribution in [2.45, 2.75) is 13.3 Å². The molecule has 102 valence electrons. The fraction of sp³-hybridized carbons (Fsp3) is 0.118. The van der Waals surface area contributed by atoms with Crippen molar-refractivity contribution in [2.24, 2.45) is 0 Å². The zero-order valence-corrected chi connectivity index (χ0v) is 11.6. The maximum absolute atomic E-state index is 8.79. The number of hydrogen-bond acceptors (Lipinski definition) is 4. The maximum Gasteiger partial charge on any atom is 0.257 e. The third kappa shape index (κ3) is 2.82. The van der Waals surface area contributed by atoms with E-state index in [9.17, 15) is 0 Å². The van der Waals surface area contributed by atoms with Crippen molar-refractivity contribution < 1.29 is 4.52 Å². The van der Waals surface area contributed by atoms with Gasteiger partial charge in [0.05, 0.1) is 11.6 Å². The van der Waals surface area contributed by atoms with E-state index >= 15 is 0 Å². The standard InChI is InChI=1S/C17H13N3O/c1-12-4-2-3-5-15(12)10-16-19-17(21-20-16)14-8-6-13(11-18)7-9-14/h2-9H,10H2,1H3. The molecule has 0 N–H and O–H groups in total. The summed E-state index contributed by atoms with van der Waals surface area (Å²) in [6.07, 6.45) is 0.645. The monoisotopic (exact) mass is 275 g/mol. The highest BCUT2D eigenvalue weighted by atomic mass is 16.5. The van der Waals surface area contributed by atoms with E-state index in [1.807, 2.05) is 24.3 Å².